The first-order valence-corrected chi connectivity index (χ1v) is 5.97. The third-order valence-corrected chi connectivity index (χ3v) is 2.91. The third kappa shape index (κ3) is 2.47. The summed E-state index contributed by atoms with van der Waals surface area (Å²) < 4.78 is 10.7. The Kier molecular flexibility index (Phi) is 3.87. The summed E-state index contributed by atoms with van der Waals surface area (Å²) in [5, 5.41) is 0. The number of methoxy groups -OCH3 is 1. The second-order valence-corrected chi connectivity index (χ2v) is 4.11. The minimum absolute atomic E-state index is 0.0508. The predicted molar refractivity (Wildman–Crippen MR) is 69.2 cm³/mol. The fraction of sp³-hybridized carbons (Fsp3) is 0.357. The van der Waals surface area contributed by atoms with Gasteiger partial charge >= 0.3 is 0 Å². The lowest BCUT2D eigenvalue weighted by molar-refractivity contribution is 0.0651. The minimum atomic E-state index is 0.0508. The molecule has 18 heavy (non-hydrogen) atoms. The molecule has 1 amide bonds. The molecular formula is C14H17NO3. The molecule has 0 N–H and O–H groups in total. The van der Waals surface area contributed by atoms with Gasteiger partial charge in [-0.15, -0.1) is 0 Å². The van der Waals surface area contributed by atoms with Crippen LogP contribution in [0, 0.1) is 0 Å². The number of nitrogens with zero attached hydrogens (tertiary/aromatic N) is 1. The van der Waals surface area contributed by atoms with E-state index < -0.39 is 0 Å². The highest BCUT2D eigenvalue weighted by Gasteiger charge is 2.22. The van der Waals surface area contributed by atoms with Gasteiger partial charge in [-0.2, -0.15) is 0 Å². The molecule has 0 radical (unpaired) electrons. The topological polar surface area (TPSA) is 38.8 Å². The summed E-state index contributed by atoms with van der Waals surface area (Å²) in [5.74, 6) is 1.25. The number of hydrogen-bond acceptors (Lipinski definition) is 3. The van der Waals surface area contributed by atoms with Crippen LogP contribution in [0.25, 0.3) is 0 Å². The molecule has 0 atom stereocenters. The van der Waals surface area contributed by atoms with Gasteiger partial charge in [0, 0.05) is 18.7 Å². The van der Waals surface area contributed by atoms with Gasteiger partial charge < -0.3 is 14.4 Å². The molecule has 0 spiro atoms. The lowest BCUT2D eigenvalue weighted by Gasteiger charge is -2.31. The molecular weight excluding hydrogens is 230 g/mol. The molecule has 1 aromatic rings. The van der Waals surface area contributed by atoms with Gasteiger partial charge in [-0.3, -0.25) is 4.79 Å². The Morgan fingerprint density at radius 1 is 1.44 bits per heavy atom. The van der Waals surface area contributed by atoms with Crippen LogP contribution in [0.1, 0.15) is 16.8 Å². The van der Waals surface area contributed by atoms with Crippen LogP contribution in [0.15, 0.2) is 30.9 Å². The summed E-state index contributed by atoms with van der Waals surface area (Å²) in [6, 6.07) is 5.25. The summed E-state index contributed by atoms with van der Waals surface area (Å²) in [6.45, 7) is 5.69. The van der Waals surface area contributed by atoms with Crippen LogP contribution >= 0.6 is 0 Å². The van der Waals surface area contributed by atoms with Crippen LogP contribution in [-0.2, 0) is 0 Å². The number of likely N-dealkylation sites (tertiary alicyclic amines) is 1. The highest BCUT2D eigenvalue weighted by atomic mass is 16.5. The molecule has 0 saturated carbocycles. The van der Waals surface area contributed by atoms with Crippen LogP contribution in [0.3, 0.4) is 0 Å². The molecule has 4 nitrogen and oxygen atoms in total. The SMILES string of the molecule is C=CCOc1ccc(C(=O)N2CCC2)cc1OC. The van der Waals surface area contributed by atoms with E-state index >= 15 is 0 Å². The molecule has 1 aliphatic heterocycles. The number of benzene rings is 1. The molecule has 0 bridgehead atoms. The number of amides is 1. The van der Waals surface area contributed by atoms with E-state index in [1.807, 2.05) is 4.90 Å². The standard InChI is InChI=1S/C14H17NO3/c1-3-9-18-12-6-5-11(10-13(12)17-2)14(16)15-7-4-8-15/h3,5-6,10H,1,4,7-9H2,2H3. The van der Waals surface area contributed by atoms with Crippen molar-refractivity contribution in [1.29, 1.82) is 0 Å². The van der Waals surface area contributed by atoms with Crippen molar-refractivity contribution in [3.63, 3.8) is 0 Å². The maximum Gasteiger partial charge on any atom is 0.253 e. The van der Waals surface area contributed by atoms with Crippen molar-refractivity contribution in [2.24, 2.45) is 0 Å². The summed E-state index contributed by atoms with van der Waals surface area (Å²) in [6.07, 6.45) is 2.75. The number of carbonyl (C=O) groups is 1. The van der Waals surface area contributed by atoms with E-state index in [9.17, 15) is 4.79 Å². The van der Waals surface area contributed by atoms with Gasteiger partial charge in [0.25, 0.3) is 5.91 Å². The second-order valence-electron chi connectivity index (χ2n) is 4.11. The Labute approximate surface area is 107 Å². The summed E-state index contributed by atoms with van der Waals surface area (Å²) in [4.78, 5) is 13.9. The zero-order valence-electron chi connectivity index (χ0n) is 10.5. The fourth-order valence-corrected chi connectivity index (χ4v) is 1.77. The van der Waals surface area contributed by atoms with E-state index in [0.29, 0.717) is 23.7 Å². The van der Waals surface area contributed by atoms with Gasteiger partial charge in [-0.05, 0) is 24.6 Å². The van der Waals surface area contributed by atoms with E-state index in [0.717, 1.165) is 19.5 Å². The van der Waals surface area contributed by atoms with Crippen molar-refractivity contribution in [2.45, 2.75) is 6.42 Å². The molecule has 0 aliphatic carbocycles. The Morgan fingerprint density at radius 2 is 2.22 bits per heavy atom. The number of rotatable bonds is 5. The first kappa shape index (κ1) is 12.5. The van der Waals surface area contributed by atoms with Gasteiger partial charge in [-0.1, -0.05) is 12.7 Å². The summed E-state index contributed by atoms with van der Waals surface area (Å²) in [7, 11) is 1.56. The number of carbonyl (C=O) groups excluding carboxylic acids is 1. The normalized spacial score (nSPS) is 13.7. The van der Waals surface area contributed by atoms with Crippen LogP contribution in [0.5, 0.6) is 11.5 Å². The minimum Gasteiger partial charge on any atom is -0.493 e. The molecule has 1 aromatic carbocycles. The van der Waals surface area contributed by atoms with Crippen molar-refractivity contribution in [3.05, 3.63) is 36.4 Å². The highest BCUT2D eigenvalue weighted by molar-refractivity contribution is 5.95. The van der Waals surface area contributed by atoms with Crippen LogP contribution in [0.4, 0.5) is 0 Å². The van der Waals surface area contributed by atoms with Crippen LogP contribution in [0.2, 0.25) is 0 Å². The Balaban J connectivity index is 2.17. The molecule has 0 unspecified atom stereocenters. The van der Waals surface area contributed by atoms with Gasteiger partial charge in [-0.25, -0.2) is 0 Å². The third-order valence-electron chi connectivity index (χ3n) is 2.91. The lowest BCUT2D eigenvalue weighted by Crippen LogP contribution is -2.41. The zero-order valence-corrected chi connectivity index (χ0v) is 10.5. The molecule has 1 heterocycles. The zero-order chi connectivity index (χ0) is 13.0. The Morgan fingerprint density at radius 3 is 2.78 bits per heavy atom. The van der Waals surface area contributed by atoms with Crippen molar-refractivity contribution in [2.75, 3.05) is 26.8 Å². The Bertz CT molecular complexity index is 452. The van der Waals surface area contributed by atoms with Gasteiger partial charge in [0.05, 0.1) is 7.11 Å². The Hall–Kier alpha value is -1.97. The maximum absolute atomic E-state index is 12.0. The van der Waals surface area contributed by atoms with Gasteiger partial charge in [0.15, 0.2) is 11.5 Å². The lowest BCUT2D eigenvalue weighted by atomic mass is 10.1. The monoisotopic (exact) mass is 247 g/mol. The van der Waals surface area contributed by atoms with Gasteiger partial charge in [0.1, 0.15) is 6.61 Å². The van der Waals surface area contributed by atoms with Crippen molar-refractivity contribution >= 4 is 5.91 Å². The van der Waals surface area contributed by atoms with Crippen LogP contribution < -0.4 is 9.47 Å². The smallest absolute Gasteiger partial charge is 0.253 e. The van der Waals surface area contributed by atoms with Crippen molar-refractivity contribution < 1.29 is 14.3 Å². The van der Waals surface area contributed by atoms with E-state index in [2.05, 4.69) is 6.58 Å². The summed E-state index contributed by atoms with van der Waals surface area (Å²) >= 11 is 0. The summed E-state index contributed by atoms with van der Waals surface area (Å²) in [5.41, 5.74) is 0.637. The highest BCUT2D eigenvalue weighted by Crippen LogP contribution is 2.29. The quantitative estimate of drug-likeness (QED) is 0.748. The van der Waals surface area contributed by atoms with Crippen molar-refractivity contribution in [3.8, 4) is 11.5 Å². The van der Waals surface area contributed by atoms with E-state index in [4.69, 9.17) is 9.47 Å². The average molecular weight is 247 g/mol. The number of ether oxygens (including phenoxy) is 2. The first-order valence-electron chi connectivity index (χ1n) is 5.97. The van der Waals surface area contributed by atoms with E-state index in [1.165, 1.54) is 0 Å². The maximum atomic E-state index is 12.0. The van der Waals surface area contributed by atoms with E-state index in [-0.39, 0.29) is 5.91 Å². The molecule has 0 aromatic heterocycles. The van der Waals surface area contributed by atoms with Crippen LogP contribution in [-0.4, -0.2) is 37.6 Å². The second kappa shape index (κ2) is 5.58. The van der Waals surface area contributed by atoms with Gasteiger partial charge in [0.2, 0.25) is 0 Å². The van der Waals surface area contributed by atoms with E-state index in [1.54, 1.807) is 31.4 Å². The average Bonchev–Trinajstić information content (AvgIpc) is 2.34. The predicted octanol–water partition coefficient (Wildman–Crippen LogP) is 2.11. The molecule has 1 fully saturated rings. The fourth-order valence-electron chi connectivity index (χ4n) is 1.77. The molecule has 4 heteroatoms. The first-order chi connectivity index (χ1) is 8.76. The largest absolute Gasteiger partial charge is 0.493 e. The molecule has 2 rings (SSSR count). The van der Waals surface area contributed by atoms with Crippen molar-refractivity contribution in [1.82, 2.24) is 4.90 Å². The molecule has 96 valence electrons. The number of hydrogen-bond donors (Lipinski definition) is 0. The molecule has 1 aliphatic rings. The molecule has 1 saturated heterocycles.